The molecule has 7 nitrogen and oxygen atoms in total. The molecule has 164 valence electrons. The SMILES string of the molecule is CC(=O)NC1=NN(C(C)=O)C(c2cc(C)ccc2OCCOc2ccc(Cl)c(C)c2)S1. The maximum Gasteiger partial charge on any atom is 0.241 e. The lowest BCUT2D eigenvalue weighted by molar-refractivity contribution is -0.129. The van der Waals surface area contributed by atoms with Gasteiger partial charge in [-0.15, -0.1) is 5.10 Å². The zero-order chi connectivity index (χ0) is 22.5. The first-order valence-corrected chi connectivity index (χ1v) is 11.0. The molecule has 1 heterocycles. The first-order valence-electron chi connectivity index (χ1n) is 9.69. The van der Waals surface area contributed by atoms with Gasteiger partial charge >= 0.3 is 0 Å². The largest absolute Gasteiger partial charge is 0.490 e. The van der Waals surface area contributed by atoms with E-state index < -0.39 is 5.37 Å². The Kier molecular flexibility index (Phi) is 7.46. The number of benzene rings is 2. The third-order valence-corrected chi connectivity index (χ3v) is 5.93. The molecule has 1 aliphatic heterocycles. The molecule has 1 unspecified atom stereocenters. The fourth-order valence-corrected chi connectivity index (χ4v) is 4.25. The number of carbonyl (C=O) groups excluding carboxylic acids is 2. The molecule has 0 aliphatic carbocycles. The summed E-state index contributed by atoms with van der Waals surface area (Å²) in [6.45, 7) is 7.38. The summed E-state index contributed by atoms with van der Waals surface area (Å²) in [6, 6.07) is 11.2. The van der Waals surface area contributed by atoms with Crippen molar-refractivity contribution in [2.75, 3.05) is 13.2 Å². The van der Waals surface area contributed by atoms with Crippen LogP contribution < -0.4 is 14.8 Å². The van der Waals surface area contributed by atoms with E-state index in [9.17, 15) is 9.59 Å². The average molecular weight is 462 g/mol. The van der Waals surface area contributed by atoms with Crippen molar-refractivity contribution >= 4 is 40.3 Å². The van der Waals surface area contributed by atoms with Crippen LogP contribution in [0.1, 0.15) is 35.9 Å². The number of halogens is 1. The number of rotatable bonds is 6. The Bertz CT molecular complexity index is 1030. The molecule has 0 bridgehead atoms. The normalized spacial score (nSPS) is 15.5. The highest BCUT2D eigenvalue weighted by atomic mass is 35.5. The Balaban J connectivity index is 1.70. The minimum Gasteiger partial charge on any atom is -0.490 e. The maximum absolute atomic E-state index is 12.1. The number of amides is 2. The van der Waals surface area contributed by atoms with Gasteiger partial charge in [-0.2, -0.15) is 0 Å². The van der Waals surface area contributed by atoms with Crippen LogP contribution in [0.25, 0.3) is 0 Å². The predicted molar refractivity (Wildman–Crippen MR) is 122 cm³/mol. The summed E-state index contributed by atoms with van der Waals surface area (Å²) in [5.41, 5.74) is 2.76. The van der Waals surface area contributed by atoms with Gasteiger partial charge in [0, 0.05) is 24.4 Å². The lowest BCUT2D eigenvalue weighted by atomic mass is 10.1. The van der Waals surface area contributed by atoms with E-state index in [4.69, 9.17) is 21.1 Å². The van der Waals surface area contributed by atoms with Gasteiger partial charge in [0.05, 0.1) is 0 Å². The van der Waals surface area contributed by atoms with Crippen LogP contribution in [0, 0.1) is 13.8 Å². The second-order valence-corrected chi connectivity index (χ2v) is 8.55. The van der Waals surface area contributed by atoms with Crippen LogP contribution in [-0.2, 0) is 9.59 Å². The lowest BCUT2D eigenvalue weighted by Gasteiger charge is -2.22. The monoisotopic (exact) mass is 461 g/mol. The van der Waals surface area contributed by atoms with E-state index in [0.29, 0.717) is 29.2 Å². The summed E-state index contributed by atoms with van der Waals surface area (Å²) in [7, 11) is 0. The quantitative estimate of drug-likeness (QED) is 0.644. The van der Waals surface area contributed by atoms with Crippen molar-refractivity contribution in [3.8, 4) is 11.5 Å². The maximum atomic E-state index is 12.1. The Labute approximate surface area is 190 Å². The van der Waals surface area contributed by atoms with Crippen molar-refractivity contribution in [1.29, 1.82) is 0 Å². The number of aryl methyl sites for hydroxylation is 2. The van der Waals surface area contributed by atoms with Crippen molar-refractivity contribution in [3.63, 3.8) is 0 Å². The minimum atomic E-state index is -0.436. The molecule has 31 heavy (non-hydrogen) atoms. The zero-order valence-electron chi connectivity index (χ0n) is 17.8. The molecular formula is C22H24ClN3O4S. The fourth-order valence-electron chi connectivity index (χ4n) is 2.98. The van der Waals surface area contributed by atoms with Gasteiger partial charge in [0.2, 0.25) is 11.8 Å². The van der Waals surface area contributed by atoms with Gasteiger partial charge in [-0.05, 0) is 49.7 Å². The molecule has 1 atom stereocenters. The second kappa shape index (κ2) is 10.1. The van der Waals surface area contributed by atoms with Crippen molar-refractivity contribution in [2.24, 2.45) is 5.10 Å². The number of carbonyl (C=O) groups is 2. The van der Waals surface area contributed by atoms with Crippen molar-refractivity contribution < 1.29 is 19.1 Å². The molecule has 0 aromatic heterocycles. The van der Waals surface area contributed by atoms with Crippen LogP contribution in [0.3, 0.4) is 0 Å². The van der Waals surface area contributed by atoms with Crippen LogP contribution in [0.4, 0.5) is 0 Å². The van der Waals surface area contributed by atoms with Gasteiger partial charge in [0.15, 0.2) is 5.17 Å². The highest BCUT2D eigenvalue weighted by Gasteiger charge is 2.34. The molecule has 0 saturated carbocycles. The fraction of sp³-hybridized carbons (Fsp3) is 0.318. The number of ether oxygens (including phenoxy) is 2. The highest BCUT2D eigenvalue weighted by Crippen LogP contribution is 2.42. The van der Waals surface area contributed by atoms with E-state index in [1.54, 1.807) is 6.07 Å². The van der Waals surface area contributed by atoms with Gasteiger partial charge in [-0.3, -0.25) is 9.59 Å². The molecule has 2 amide bonds. The molecule has 9 heteroatoms. The van der Waals surface area contributed by atoms with Gasteiger partial charge in [0.1, 0.15) is 30.1 Å². The van der Waals surface area contributed by atoms with E-state index in [2.05, 4.69) is 10.4 Å². The van der Waals surface area contributed by atoms with Gasteiger partial charge in [-0.1, -0.05) is 35.0 Å². The molecule has 2 aromatic rings. The van der Waals surface area contributed by atoms with E-state index in [1.807, 2.05) is 44.2 Å². The lowest BCUT2D eigenvalue weighted by Crippen LogP contribution is -2.25. The third kappa shape index (κ3) is 5.92. The van der Waals surface area contributed by atoms with E-state index in [0.717, 1.165) is 22.4 Å². The Morgan fingerprint density at radius 2 is 1.87 bits per heavy atom. The van der Waals surface area contributed by atoms with Crippen LogP contribution in [-0.4, -0.2) is 35.2 Å². The van der Waals surface area contributed by atoms with E-state index in [1.165, 1.54) is 30.6 Å². The van der Waals surface area contributed by atoms with Crippen molar-refractivity contribution in [3.05, 3.63) is 58.1 Å². The summed E-state index contributed by atoms with van der Waals surface area (Å²) in [5.74, 6) is 0.874. The number of hydrogen-bond acceptors (Lipinski definition) is 6. The standard InChI is InChI=1S/C22H24ClN3O4S/c1-13-5-8-20(30-10-9-29-17-6-7-19(23)14(2)12-17)18(11-13)21-26(16(4)28)25-22(31-21)24-15(3)27/h5-8,11-12,21H,9-10H2,1-4H3,(H,24,25,27). The topological polar surface area (TPSA) is 80.2 Å². The average Bonchev–Trinajstić information content (AvgIpc) is 3.12. The molecule has 0 radical (unpaired) electrons. The Morgan fingerprint density at radius 1 is 1.13 bits per heavy atom. The van der Waals surface area contributed by atoms with Crippen LogP contribution >= 0.6 is 23.4 Å². The minimum absolute atomic E-state index is 0.230. The number of thioether (sulfide) groups is 1. The molecular weight excluding hydrogens is 438 g/mol. The molecule has 3 rings (SSSR count). The summed E-state index contributed by atoms with van der Waals surface area (Å²) in [6.07, 6.45) is 0. The molecule has 0 spiro atoms. The van der Waals surface area contributed by atoms with Gasteiger partial charge in [-0.25, -0.2) is 5.01 Å². The van der Waals surface area contributed by atoms with Crippen molar-refractivity contribution in [2.45, 2.75) is 33.1 Å². The van der Waals surface area contributed by atoms with Gasteiger partial charge < -0.3 is 14.8 Å². The number of amidine groups is 1. The first kappa shape index (κ1) is 23.0. The Morgan fingerprint density at radius 3 is 2.55 bits per heavy atom. The van der Waals surface area contributed by atoms with Crippen LogP contribution in [0.15, 0.2) is 41.5 Å². The molecule has 0 fully saturated rings. The summed E-state index contributed by atoms with van der Waals surface area (Å²) >= 11 is 7.33. The summed E-state index contributed by atoms with van der Waals surface area (Å²) in [5, 5.41) is 8.88. The predicted octanol–water partition coefficient (Wildman–Crippen LogP) is 4.42. The number of hydrazone groups is 1. The smallest absolute Gasteiger partial charge is 0.241 e. The van der Waals surface area contributed by atoms with Crippen LogP contribution in [0.2, 0.25) is 5.02 Å². The highest BCUT2D eigenvalue weighted by molar-refractivity contribution is 8.14. The van der Waals surface area contributed by atoms with E-state index >= 15 is 0 Å². The first-order chi connectivity index (χ1) is 14.7. The molecule has 1 N–H and O–H groups in total. The van der Waals surface area contributed by atoms with Gasteiger partial charge in [0.25, 0.3) is 0 Å². The number of nitrogens with one attached hydrogen (secondary N) is 1. The summed E-state index contributed by atoms with van der Waals surface area (Å²) < 4.78 is 11.7. The number of hydrogen-bond donors (Lipinski definition) is 1. The van der Waals surface area contributed by atoms with Crippen molar-refractivity contribution in [1.82, 2.24) is 10.3 Å². The van der Waals surface area contributed by atoms with E-state index in [-0.39, 0.29) is 11.8 Å². The number of nitrogens with zero attached hydrogens (tertiary/aromatic N) is 2. The third-order valence-electron chi connectivity index (χ3n) is 4.42. The second-order valence-electron chi connectivity index (χ2n) is 7.07. The summed E-state index contributed by atoms with van der Waals surface area (Å²) in [4.78, 5) is 23.6. The molecule has 0 saturated heterocycles. The van der Waals surface area contributed by atoms with Crippen LogP contribution in [0.5, 0.6) is 11.5 Å². The Hall–Kier alpha value is -2.71. The molecule has 1 aliphatic rings. The zero-order valence-corrected chi connectivity index (χ0v) is 19.3. The molecule has 2 aromatic carbocycles.